The summed E-state index contributed by atoms with van der Waals surface area (Å²) in [5.74, 6) is 1.41. The number of rotatable bonds is 8. The monoisotopic (exact) mass is 584 g/mol. The van der Waals surface area contributed by atoms with Crippen LogP contribution in [0.3, 0.4) is 0 Å². The zero-order chi connectivity index (χ0) is 24.4. The van der Waals surface area contributed by atoms with Gasteiger partial charge in [-0.1, -0.05) is 17.7 Å². The van der Waals surface area contributed by atoms with E-state index in [4.69, 9.17) is 26.2 Å². The van der Waals surface area contributed by atoms with Gasteiger partial charge in [0.25, 0.3) is 0 Å². The fraction of sp³-hybridized carbons (Fsp3) is 0.385. The van der Waals surface area contributed by atoms with Crippen LogP contribution in [-0.2, 0) is 13.0 Å². The van der Waals surface area contributed by atoms with Crippen molar-refractivity contribution in [2.75, 3.05) is 51.8 Å². The Bertz CT molecular complexity index is 1310. The van der Waals surface area contributed by atoms with E-state index in [0.717, 1.165) is 72.0 Å². The van der Waals surface area contributed by atoms with Gasteiger partial charge in [-0.3, -0.25) is 9.58 Å². The highest BCUT2D eigenvalue weighted by Crippen LogP contribution is 2.34. The first-order valence-electron chi connectivity index (χ1n) is 11.9. The van der Waals surface area contributed by atoms with E-state index in [0.29, 0.717) is 18.0 Å². The molecule has 1 aliphatic heterocycles. The Labute approximate surface area is 240 Å². The van der Waals surface area contributed by atoms with Gasteiger partial charge in [-0.2, -0.15) is 5.10 Å². The largest absolute Gasteiger partial charge is 0.493 e. The number of H-pyrrole nitrogens is 1. The van der Waals surface area contributed by atoms with Crippen molar-refractivity contribution >= 4 is 53.0 Å². The standard InChI is InChI=1S/C26H31ClN6O2.2ClH.H2O/c1-18-21(27)5-4-6-23(18)32-11-9-31(10-12-32)8-7-22-20-13-25(34-2)26(35-3)14-24(20)33(30-22)16-19-15-28-17-29-19;;;/h4-6,13-15,17H,7-12,16H2,1-3H3,(H,28,29);2*1H;1H2. The van der Waals surface area contributed by atoms with E-state index in [1.165, 1.54) is 5.69 Å². The van der Waals surface area contributed by atoms with Gasteiger partial charge < -0.3 is 24.8 Å². The highest BCUT2D eigenvalue weighted by atomic mass is 35.5. The first kappa shape index (κ1) is 31.5. The molecule has 3 heterocycles. The zero-order valence-corrected chi connectivity index (χ0v) is 24.1. The van der Waals surface area contributed by atoms with Gasteiger partial charge in [0.05, 0.1) is 44.0 Å². The molecule has 0 saturated carbocycles. The van der Waals surface area contributed by atoms with Crippen LogP contribution in [0.4, 0.5) is 5.69 Å². The summed E-state index contributed by atoms with van der Waals surface area (Å²) in [6, 6.07) is 10.2. The molecule has 3 N–H and O–H groups in total. The van der Waals surface area contributed by atoms with Gasteiger partial charge in [-0.05, 0) is 30.7 Å². The minimum absolute atomic E-state index is 0. The topological polar surface area (TPSA) is 103 Å². The van der Waals surface area contributed by atoms with Crippen LogP contribution in [0.1, 0.15) is 17.0 Å². The smallest absolute Gasteiger partial charge is 0.162 e. The molecule has 1 aliphatic rings. The summed E-state index contributed by atoms with van der Waals surface area (Å²) in [4.78, 5) is 12.3. The SMILES string of the molecule is COc1cc2c(CCN3CCN(c4cccc(Cl)c4C)CC3)nn(Cc3cnc[nH]3)c2cc1OC.Cl.Cl.O. The maximum Gasteiger partial charge on any atom is 0.162 e. The molecular weight excluding hydrogens is 551 g/mol. The number of fused-ring (bicyclic) bond motifs is 1. The molecule has 2 aromatic carbocycles. The van der Waals surface area contributed by atoms with E-state index in [1.807, 2.05) is 35.1 Å². The Morgan fingerprint density at radius 3 is 2.39 bits per heavy atom. The Morgan fingerprint density at radius 2 is 1.74 bits per heavy atom. The van der Waals surface area contributed by atoms with Gasteiger partial charge in [0.15, 0.2) is 11.5 Å². The molecule has 4 aromatic rings. The minimum atomic E-state index is 0. The van der Waals surface area contributed by atoms with E-state index in [9.17, 15) is 0 Å². The molecule has 5 rings (SSSR count). The van der Waals surface area contributed by atoms with E-state index in [1.54, 1.807) is 20.5 Å². The number of nitrogens with one attached hydrogen (secondary N) is 1. The van der Waals surface area contributed by atoms with E-state index in [2.05, 4.69) is 32.8 Å². The number of aromatic nitrogens is 4. The summed E-state index contributed by atoms with van der Waals surface area (Å²) in [5.41, 5.74) is 5.48. The molecule has 208 valence electrons. The lowest BCUT2D eigenvalue weighted by molar-refractivity contribution is 0.260. The molecule has 2 aromatic heterocycles. The van der Waals surface area contributed by atoms with Crippen LogP contribution in [0.25, 0.3) is 10.9 Å². The summed E-state index contributed by atoms with van der Waals surface area (Å²) >= 11 is 6.35. The third-order valence-corrected chi connectivity index (χ3v) is 7.23. The number of hydrogen-bond acceptors (Lipinski definition) is 6. The molecule has 1 fully saturated rings. The summed E-state index contributed by atoms with van der Waals surface area (Å²) in [5, 5.41) is 6.91. The maximum atomic E-state index is 6.35. The van der Waals surface area contributed by atoms with Crippen molar-refractivity contribution in [2.24, 2.45) is 0 Å². The van der Waals surface area contributed by atoms with Gasteiger partial charge in [0, 0.05) is 67.5 Å². The van der Waals surface area contributed by atoms with Gasteiger partial charge >= 0.3 is 0 Å². The van der Waals surface area contributed by atoms with Gasteiger partial charge in [0.1, 0.15) is 0 Å². The predicted octanol–water partition coefficient (Wildman–Crippen LogP) is 4.17. The molecule has 0 amide bonds. The molecule has 1 saturated heterocycles. The van der Waals surface area contributed by atoms with E-state index < -0.39 is 0 Å². The minimum Gasteiger partial charge on any atom is -0.493 e. The van der Waals surface area contributed by atoms with Crippen molar-refractivity contribution < 1.29 is 14.9 Å². The highest BCUT2D eigenvalue weighted by Gasteiger charge is 2.21. The average Bonchev–Trinajstić information content (AvgIpc) is 3.52. The quantitative estimate of drug-likeness (QED) is 0.333. The Balaban J connectivity index is 0.00000169. The second-order valence-corrected chi connectivity index (χ2v) is 9.28. The van der Waals surface area contributed by atoms with Crippen molar-refractivity contribution in [3.05, 3.63) is 64.8 Å². The molecule has 9 nitrogen and oxygen atoms in total. The van der Waals surface area contributed by atoms with Crippen LogP contribution in [0.15, 0.2) is 42.9 Å². The number of aromatic amines is 1. The normalized spacial score (nSPS) is 13.4. The van der Waals surface area contributed by atoms with E-state index >= 15 is 0 Å². The molecule has 38 heavy (non-hydrogen) atoms. The molecule has 0 atom stereocenters. The average molecular weight is 586 g/mol. The third-order valence-electron chi connectivity index (χ3n) is 6.82. The van der Waals surface area contributed by atoms with Crippen LogP contribution in [0, 0.1) is 6.92 Å². The van der Waals surface area contributed by atoms with Gasteiger partial charge in [-0.15, -0.1) is 24.8 Å². The van der Waals surface area contributed by atoms with Crippen molar-refractivity contribution in [1.29, 1.82) is 0 Å². The molecule has 0 spiro atoms. The van der Waals surface area contributed by atoms with Crippen molar-refractivity contribution in [1.82, 2.24) is 24.6 Å². The van der Waals surface area contributed by atoms with Crippen molar-refractivity contribution in [2.45, 2.75) is 19.9 Å². The number of imidazole rings is 1. The summed E-state index contributed by atoms with van der Waals surface area (Å²) < 4.78 is 13.1. The number of ether oxygens (including phenoxy) is 2. The highest BCUT2D eigenvalue weighted by molar-refractivity contribution is 6.31. The first-order valence-corrected chi connectivity index (χ1v) is 12.3. The number of methoxy groups -OCH3 is 2. The van der Waals surface area contributed by atoms with Gasteiger partial charge in [0.2, 0.25) is 0 Å². The maximum absolute atomic E-state index is 6.35. The number of halogens is 3. The van der Waals surface area contributed by atoms with Crippen LogP contribution in [0.2, 0.25) is 5.02 Å². The number of anilines is 1. The third kappa shape index (κ3) is 6.47. The van der Waals surface area contributed by atoms with E-state index in [-0.39, 0.29) is 30.3 Å². The Morgan fingerprint density at radius 1 is 1.03 bits per heavy atom. The summed E-state index contributed by atoms with van der Waals surface area (Å²) in [6.45, 7) is 7.66. The van der Waals surface area contributed by atoms with Crippen molar-refractivity contribution in [3.8, 4) is 11.5 Å². The fourth-order valence-corrected chi connectivity index (χ4v) is 4.99. The zero-order valence-electron chi connectivity index (χ0n) is 21.7. The number of piperazine rings is 1. The predicted molar refractivity (Wildman–Crippen MR) is 157 cm³/mol. The number of hydrogen-bond donors (Lipinski definition) is 1. The van der Waals surface area contributed by atoms with Crippen molar-refractivity contribution in [3.63, 3.8) is 0 Å². The van der Waals surface area contributed by atoms with Crippen LogP contribution in [-0.4, -0.2) is 77.1 Å². The number of nitrogens with zero attached hydrogens (tertiary/aromatic N) is 5. The summed E-state index contributed by atoms with van der Waals surface area (Å²) in [7, 11) is 3.32. The summed E-state index contributed by atoms with van der Waals surface area (Å²) in [6.07, 6.45) is 4.38. The lowest BCUT2D eigenvalue weighted by Crippen LogP contribution is -2.47. The Kier molecular flexibility index (Phi) is 11.5. The molecule has 0 radical (unpaired) electrons. The van der Waals surface area contributed by atoms with Crippen LogP contribution < -0.4 is 14.4 Å². The molecule has 12 heteroatoms. The lowest BCUT2D eigenvalue weighted by atomic mass is 10.1. The molecule has 0 bridgehead atoms. The number of benzene rings is 2. The molecular formula is C26H35Cl3N6O3. The first-order chi connectivity index (χ1) is 17.1. The van der Waals surface area contributed by atoms with Crippen LogP contribution >= 0.6 is 36.4 Å². The fourth-order valence-electron chi connectivity index (χ4n) is 4.82. The molecule has 0 aliphatic carbocycles. The molecule has 0 unspecified atom stereocenters. The Hall–Kier alpha value is -2.69. The second-order valence-electron chi connectivity index (χ2n) is 8.87. The lowest BCUT2D eigenvalue weighted by Gasteiger charge is -2.36. The second kappa shape index (κ2) is 13.9. The van der Waals surface area contributed by atoms with Crippen LogP contribution in [0.5, 0.6) is 11.5 Å². The van der Waals surface area contributed by atoms with Gasteiger partial charge in [-0.25, -0.2) is 4.98 Å².